The average Bonchev–Trinajstić information content (AvgIpc) is 3.00. The summed E-state index contributed by atoms with van der Waals surface area (Å²) in [5.41, 5.74) is 5.26. The molecule has 0 radical (unpaired) electrons. The van der Waals surface area contributed by atoms with E-state index >= 15 is 0 Å². The molecule has 0 spiro atoms. The Morgan fingerprint density at radius 3 is 2.80 bits per heavy atom. The fourth-order valence-corrected chi connectivity index (χ4v) is 4.70. The van der Waals surface area contributed by atoms with Crippen LogP contribution in [0, 0.1) is 0 Å². The molecule has 1 aromatic heterocycles. The van der Waals surface area contributed by atoms with Gasteiger partial charge in [0.1, 0.15) is 11.5 Å². The zero-order valence-corrected chi connectivity index (χ0v) is 20.9. The molecule has 0 saturated heterocycles. The molecule has 0 bridgehead atoms. The molecule has 35 heavy (non-hydrogen) atoms. The van der Waals surface area contributed by atoms with Gasteiger partial charge in [-0.25, -0.2) is 15.7 Å². The van der Waals surface area contributed by atoms with E-state index in [0.29, 0.717) is 50.0 Å². The Kier molecular flexibility index (Phi) is 7.68. The SMILES string of the molecule is C=C1c2c(nc(Cc3ccccc3C(C)C)n2CC2=CC=CCC=C2)N(C)C(=O)N1CCCON. The summed E-state index contributed by atoms with van der Waals surface area (Å²) in [6.07, 6.45) is 12.9. The van der Waals surface area contributed by atoms with Crippen molar-refractivity contribution < 1.29 is 9.63 Å². The number of aromatic nitrogens is 2. The predicted molar refractivity (Wildman–Crippen MR) is 141 cm³/mol. The lowest BCUT2D eigenvalue weighted by molar-refractivity contribution is 0.130. The number of benzene rings is 1. The predicted octanol–water partition coefficient (Wildman–Crippen LogP) is 5.16. The number of carbonyl (C=O) groups is 1. The normalized spacial score (nSPS) is 15.6. The molecule has 1 aliphatic heterocycles. The minimum absolute atomic E-state index is 0.144. The smallest absolute Gasteiger partial charge is 0.320 e. The fraction of sp³-hybridized carbons (Fsp3) is 0.357. The van der Waals surface area contributed by atoms with Crippen molar-refractivity contribution in [1.82, 2.24) is 14.5 Å². The molecule has 2 N–H and O–H groups in total. The Bertz CT molecular complexity index is 1190. The first-order valence-corrected chi connectivity index (χ1v) is 12.2. The van der Waals surface area contributed by atoms with E-state index in [-0.39, 0.29) is 6.03 Å². The molecule has 0 unspecified atom stereocenters. The van der Waals surface area contributed by atoms with E-state index in [9.17, 15) is 4.79 Å². The number of fused-ring (bicyclic) bond motifs is 1. The molecule has 7 heteroatoms. The van der Waals surface area contributed by atoms with Crippen molar-refractivity contribution in [3.8, 4) is 0 Å². The van der Waals surface area contributed by atoms with Gasteiger partial charge in [-0.15, -0.1) is 0 Å². The number of allylic oxidation sites excluding steroid dienone is 6. The topological polar surface area (TPSA) is 76.6 Å². The average molecular weight is 474 g/mol. The Morgan fingerprint density at radius 2 is 2.03 bits per heavy atom. The van der Waals surface area contributed by atoms with Gasteiger partial charge in [-0.1, -0.05) is 75.1 Å². The summed E-state index contributed by atoms with van der Waals surface area (Å²) in [6, 6.07) is 8.37. The summed E-state index contributed by atoms with van der Waals surface area (Å²) in [7, 11) is 1.77. The molecule has 2 aliphatic rings. The molecule has 0 saturated carbocycles. The van der Waals surface area contributed by atoms with E-state index in [2.05, 4.69) is 79.6 Å². The first kappa shape index (κ1) is 24.7. The second kappa shape index (κ2) is 10.9. The van der Waals surface area contributed by atoms with Crippen molar-refractivity contribution in [2.75, 3.05) is 25.1 Å². The summed E-state index contributed by atoms with van der Waals surface area (Å²) in [5, 5.41) is 0. The van der Waals surface area contributed by atoms with Crippen LogP contribution in [-0.2, 0) is 17.8 Å². The lowest BCUT2D eigenvalue weighted by atomic mass is 9.95. The third-order valence-electron chi connectivity index (χ3n) is 6.52. The highest BCUT2D eigenvalue weighted by molar-refractivity contribution is 6.02. The molecule has 0 atom stereocenters. The lowest BCUT2D eigenvalue weighted by Gasteiger charge is -2.34. The van der Waals surface area contributed by atoms with Crippen LogP contribution in [0.5, 0.6) is 0 Å². The summed E-state index contributed by atoms with van der Waals surface area (Å²) < 4.78 is 2.22. The molecule has 0 fully saturated rings. The van der Waals surface area contributed by atoms with Crippen LogP contribution in [0.15, 0.2) is 66.8 Å². The maximum absolute atomic E-state index is 13.2. The van der Waals surface area contributed by atoms with Crippen LogP contribution in [-0.4, -0.2) is 40.7 Å². The third-order valence-corrected chi connectivity index (χ3v) is 6.52. The van der Waals surface area contributed by atoms with Crippen LogP contribution in [0.1, 0.15) is 55.3 Å². The van der Waals surface area contributed by atoms with Gasteiger partial charge in [-0.05, 0) is 35.5 Å². The number of carbonyl (C=O) groups excluding carboxylic acids is 1. The van der Waals surface area contributed by atoms with Crippen LogP contribution in [0.25, 0.3) is 5.70 Å². The third kappa shape index (κ3) is 5.16. The van der Waals surface area contributed by atoms with Crippen molar-refractivity contribution in [2.24, 2.45) is 5.90 Å². The summed E-state index contributed by atoms with van der Waals surface area (Å²) in [6.45, 7) is 10.2. The molecule has 1 aromatic carbocycles. The molecule has 1 aliphatic carbocycles. The van der Waals surface area contributed by atoms with Crippen molar-refractivity contribution in [2.45, 2.75) is 45.6 Å². The molecule has 2 heterocycles. The minimum atomic E-state index is -0.144. The monoisotopic (exact) mass is 473 g/mol. The van der Waals surface area contributed by atoms with E-state index < -0.39 is 0 Å². The lowest BCUT2D eigenvalue weighted by Crippen LogP contribution is -2.45. The van der Waals surface area contributed by atoms with Crippen LogP contribution < -0.4 is 10.8 Å². The van der Waals surface area contributed by atoms with Gasteiger partial charge < -0.3 is 9.40 Å². The van der Waals surface area contributed by atoms with Crippen LogP contribution in [0.4, 0.5) is 10.6 Å². The summed E-state index contributed by atoms with van der Waals surface area (Å²) in [5.74, 6) is 7.17. The van der Waals surface area contributed by atoms with E-state index in [0.717, 1.165) is 17.9 Å². The molecule has 7 nitrogen and oxygen atoms in total. The molecular formula is C28H35N5O2. The van der Waals surface area contributed by atoms with Crippen molar-refractivity contribution in [3.05, 3.63) is 89.4 Å². The van der Waals surface area contributed by atoms with Gasteiger partial charge in [0.15, 0.2) is 5.82 Å². The highest BCUT2D eigenvalue weighted by atomic mass is 16.6. The number of hydrogen-bond donors (Lipinski definition) is 1. The van der Waals surface area contributed by atoms with E-state index in [4.69, 9.17) is 15.7 Å². The molecule has 184 valence electrons. The quantitative estimate of drug-likeness (QED) is 0.403. The van der Waals surface area contributed by atoms with Gasteiger partial charge in [-0.2, -0.15) is 0 Å². The van der Waals surface area contributed by atoms with E-state index in [1.165, 1.54) is 16.7 Å². The fourth-order valence-electron chi connectivity index (χ4n) is 4.70. The van der Waals surface area contributed by atoms with Gasteiger partial charge in [0.25, 0.3) is 0 Å². The van der Waals surface area contributed by atoms with Crippen LogP contribution in [0.3, 0.4) is 0 Å². The summed E-state index contributed by atoms with van der Waals surface area (Å²) >= 11 is 0. The largest absolute Gasteiger partial charge is 0.329 e. The van der Waals surface area contributed by atoms with E-state index in [1.807, 2.05) is 0 Å². The first-order valence-electron chi connectivity index (χ1n) is 12.2. The molecule has 4 rings (SSSR count). The summed E-state index contributed by atoms with van der Waals surface area (Å²) in [4.78, 5) is 26.2. The molecule has 2 amide bonds. The number of anilines is 1. The number of nitrogens with two attached hydrogens (primary N) is 1. The highest BCUT2D eigenvalue weighted by Gasteiger charge is 2.36. The van der Waals surface area contributed by atoms with Gasteiger partial charge in [-0.3, -0.25) is 9.80 Å². The zero-order valence-electron chi connectivity index (χ0n) is 20.9. The molecule has 2 aromatic rings. The Morgan fingerprint density at radius 1 is 1.23 bits per heavy atom. The zero-order chi connectivity index (χ0) is 24.9. The van der Waals surface area contributed by atoms with E-state index in [1.54, 1.807) is 16.8 Å². The first-order chi connectivity index (χ1) is 16.9. The van der Waals surface area contributed by atoms with Crippen molar-refractivity contribution in [3.63, 3.8) is 0 Å². The minimum Gasteiger partial charge on any atom is -0.320 e. The van der Waals surface area contributed by atoms with Crippen LogP contribution >= 0.6 is 0 Å². The Hall–Kier alpha value is -3.42. The van der Waals surface area contributed by atoms with Crippen molar-refractivity contribution in [1.29, 1.82) is 0 Å². The number of hydrogen-bond acceptors (Lipinski definition) is 4. The Labute approximate surface area is 207 Å². The van der Waals surface area contributed by atoms with Gasteiger partial charge in [0.05, 0.1) is 12.3 Å². The molecular weight excluding hydrogens is 438 g/mol. The van der Waals surface area contributed by atoms with Crippen molar-refractivity contribution >= 4 is 17.5 Å². The number of amides is 2. The second-order valence-electron chi connectivity index (χ2n) is 9.29. The standard InChI is InChI=1S/C28H35N5O2/c1-20(2)24-15-10-9-14-23(24)18-25-30-27-26(33(25)19-22-12-7-5-6-8-13-22)21(3)32(16-11-17-35-29)28(34)31(27)4/h5,7-10,12-15,20H,3,6,11,16-19,29H2,1-2,4H3. The maximum atomic E-state index is 13.2. The highest BCUT2D eigenvalue weighted by Crippen LogP contribution is 2.36. The van der Waals surface area contributed by atoms with Crippen LogP contribution in [0.2, 0.25) is 0 Å². The van der Waals surface area contributed by atoms with Gasteiger partial charge in [0, 0.05) is 26.6 Å². The Balaban J connectivity index is 1.80. The van der Waals surface area contributed by atoms with Gasteiger partial charge >= 0.3 is 6.03 Å². The second-order valence-corrected chi connectivity index (χ2v) is 9.29. The van der Waals surface area contributed by atoms with Gasteiger partial charge in [0.2, 0.25) is 0 Å². The number of nitrogens with zero attached hydrogens (tertiary/aromatic N) is 4. The number of rotatable bonds is 9. The number of imidazole rings is 1. The maximum Gasteiger partial charge on any atom is 0.329 e. The number of urea groups is 1.